The van der Waals surface area contributed by atoms with Gasteiger partial charge >= 0.3 is 0 Å². The Labute approximate surface area is 164 Å². The van der Waals surface area contributed by atoms with E-state index in [1.165, 1.54) is 16.4 Å². The summed E-state index contributed by atoms with van der Waals surface area (Å²) in [5.41, 5.74) is 3.00. The molecule has 0 saturated carbocycles. The van der Waals surface area contributed by atoms with E-state index in [-0.39, 0.29) is 22.2 Å². The van der Waals surface area contributed by atoms with Gasteiger partial charge in [-0.25, -0.2) is 8.42 Å². The number of nitrogens with one attached hydrogen (secondary N) is 1. The Morgan fingerprint density at radius 3 is 2.52 bits per heavy atom. The highest BCUT2D eigenvalue weighted by Crippen LogP contribution is 2.29. The number of aryl methyl sites for hydroxylation is 2. The monoisotopic (exact) mass is 410 g/mol. The number of halogens is 1. The van der Waals surface area contributed by atoms with E-state index >= 15 is 0 Å². The molecule has 3 rings (SSSR count). The molecular weight excluding hydrogens is 388 g/mol. The van der Waals surface area contributed by atoms with E-state index in [2.05, 4.69) is 10.4 Å². The molecule has 1 amide bonds. The first-order valence-electron chi connectivity index (χ1n) is 8.79. The number of carbonyl (C=O) groups is 1. The molecule has 2 aromatic rings. The van der Waals surface area contributed by atoms with Gasteiger partial charge in [0, 0.05) is 37.1 Å². The van der Waals surface area contributed by atoms with Crippen LogP contribution in [0.15, 0.2) is 23.1 Å². The van der Waals surface area contributed by atoms with Gasteiger partial charge in [0.2, 0.25) is 15.9 Å². The molecular formula is C18H23ClN4O3S. The molecule has 7 nitrogen and oxygen atoms in total. The standard InChI is InChI=1S/C18H23ClN4O3S/c1-12-15(13(2)22(3)21-12)11-18(24)20-14-6-7-16(19)17(10-14)27(25,26)23-8-4-5-9-23/h6-7,10H,4-5,8-9,11H2,1-3H3,(H,20,24). The maximum absolute atomic E-state index is 12.8. The van der Waals surface area contributed by atoms with Gasteiger partial charge in [-0.05, 0) is 44.9 Å². The zero-order valence-electron chi connectivity index (χ0n) is 15.6. The highest BCUT2D eigenvalue weighted by atomic mass is 35.5. The van der Waals surface area contributed by atoms with Crippen LogP contribution in [-0.4, -0.2) is 41.5 Å². The first-order valence-corrected chi connectivity index (χ1v) is 10.6. The van der Waals surface area contributed by atoms with Crippen molar-refractivity contribution in [2.24, 2.45) is 7.05 Å². The number of aromatic nitrogens is 2. The molecule has 0 atom stereocenters. The number of hydrogen-bond donors (Lipinski definition) is 1. The number of sulfonamides is 1. The molecule has 9 heteroatoms. The van der Waals surface area contributed by atoms with Gasteiger partial charge in [0.15, 0.2) is 0 Å². The molecule has 0 radical (unpaired) electrons. The Bertz CT molecular complexity index is 979. The van der Waals surface area contributed by atoms with E-state index < -0.39 is 10.0 Å². The van der Waals surface area contributed by atoms with Crippen LogP contribution in [0, 0.1) is 13.8 Å². The zero-order chi connectivity index (χ0) is 19.8. The number of amides is 1. The van der Waals surface area contributed by atoms with Crippen molar-refractivity contribution >= 4 is 33.2 Å². The van der Waals surface area contributed by atoms with Crippen molar-refractivity contribution in [2.75, 3.05) is 18.4 Å². The molecule has 1 aromatic heterocycles. The van der Waals surface area contributed by atoms with E-state index in [1.807, 2.05) is 20.9 Å². The number of nitrogens with zero attached hydrogens (tertiary/aromatic N) is 3. The van der Waals surface area contributed by atoms with Gasteiger partial charge in [0.25, 0.3) is 0 Å². The summed E-state index contributed by atoms with van der Waals surface area (Å²) in [6, 6.07) is 4.53. The molecule has 1 N–H and O–H groups in total. The van der Waals surface area contributed by atoms with Crippen LogP contribution in [0.3, 0.4) is 0 Å². The zero-order valence-corrected chi connectivity index (χ0v) is 17.2. The number of rotatable bonds is 5. The minimum absolute atomic E-state index is 0.0256. The van der Waals surface area contributed by atoms with Gasteiger partial charge in [-0.3, -0.25) is 9.48 Å². The molecule has 1 aliphatic heterocycles. The number of benzene rings is 1. The smallest absolute Gasteiger partial charge is 0.244 e. The highest BCUT2D eigenvalue weighted by Gasteiger charge is 2.29. The summed E-state index contributed by atoms with van der Waals surface area (Å²) in [7, 11) is -1.83. The van der Waals surface area contributed by atoms with Gasteiger partial charge < -0.3 is 5.32 Å². The second-order valence-electron chi connectivity index (χ2n) is 6.75. The third-order valence-electron chi connectivity index (χ3n) is 4.89. The summed E-state index contributed by atoms with van der Waals surface area (Å²) in [5.74, 6) is -0.235. The third kappa shape index (κ3) is 4.02. The maximum atomic E-state index is 12.8. The van der Waals surface area contributed by atoms with Crippen LogP contribution < -0.4 is 5.32 Å². The molecule has 1 aliphatic rings. The van der Waals surface area contributed by atoms with Gasteiger partial charge in [-0.15, -0.1) is 0 Å². The lowest BCUT2D eigenvalue weighted by Crippen LogP contribution is -2.28. The first-order chi connectivity index (χ1) is 12.7. The van der Waals surface area contributed by atoms with Crippen molar-refractivity contribution in [3.8, 4) is 0 Å². The van der Waals surface area contributed by atoms with Gasteiger partial charge in [-0.1, -0.05) is 11.6 Å². The molecule has 2 heterocycles. The van der Waals surface area contributed by atoms with Gasteiger partial charge in [0.1, 0.15) is 4.90 Å². The van der Waals surface area contributed by atoms with Crippen LogP contribution in [0.4, 0.5) is 5.69 Å². The van der Waals surface area contributed by atoms with E-state index in [0.29, 0.717) is 18.8 Å². The van der Waals surface area contributed by atoms with Crippen LogP contribution >= 0.6 is 11.6 Å². The minimum Gasteiger partial charge on any atom is -0.326 e. The van der Waals surface area contributed by atoms with Crippen LogP contribution in [0.2, 0.25) is 5.02 Å². The lowest BCUT2D eigenvalue weighted by Gasteiger charge is -2.17. The maximum Gasteiger partial charge on any atom is 0.244 e. The fourth-order valence-corrected chi connectivity index (χ4v) is 5.30. The van der Waals surface area contributed by atoms with E-state index in [9.17, 15) is 13.2 Å². The SMILES string of the molecule is Cc1nn(C)c(C)c1CC(=O)Nc1ccc(Cl)c(S(=O)(=O)N2CCCC2)c1. The molecule has 0 unspecified atom stereocenters. The fourth-order valence-electron chi connectivity index (χ4n) is 3.29. The minimum atomic E-state index is -3.66. The number of anilines is 1. The average molecular weight is 411 g/mol. The summed E-state index contributed by atoms with van der Waals surface area (Å²) in [5, 5.41) is 7.23. The normalized spacial score (nSPS) is 15.3. The summed E-state index contributed by atoms with van der Waals surface area (Å²) in [6.07, 6.45) is 1.86. The molecule has 0 spiro atoms. The lowest BCUT2D eigenvalue weighted by molar-refractivity contribution is -0.115. The summed E-state index contributed by atoms with van der Waals surface area (Å²) < 4.78 is 28.8. The van der Waals surface area contributed by atoms with Crippen molar-refractivity contribution in [3.63, 3.8) is 0 Å². The van der Waals surface area contributed by atoms with Crippen LogP contribution in [0.1, 0.15) is 29.8 Å². The Morgan fingerprint density at radius 2 is 1.93 bits per heavy atom. The molecule has 1 aromatic carbocycles. The molecule has 146 valence electrons. The van der Waals surface area contributed by atoms with E-state index in [1.54, 1.807) is 10.7 Å². The molecule has 0 bridgehead atoms. The van der Waals surface area contributed by atoms with Crippen molar-refractivity contribution in [2.45, 2.75) is 38.0 Å². The Morgan fingerprint density at radius 1 is 1.26 bits per heavy atom. The molecule has 1 fully saturated rings. The molecule has 27 heavy (non-hydrogen) atoms. The largest absolute Gasteiger partial charge is 0.326 e. The summed E-state index contributed by atoms with van der Waals surface area (Å²) >= 11 is 6.14. The predicted molar refractivity (Wildman–Crippen MR) is 104 cm³/mol. The second-order valence-corrected chi connectivity index (χ2v) is 9.07. The van der Waals surface area contributed by atoms with Crippen LogP contribution in [-0.2, 0) is 28.3 Å². The first kappa shape index (κ1) is 19.9. The highest BCUT2D eigenvalue weighted by molar-refractivity contribution is 7.89. The summed E-state index contributed by atoms with van der Waals surface area (Å²) in [4.78, 5) is 12.5. The van der Waals surface area contributed by atoms with Gasteiger partial charge in [-0.2, -0.15) is 9.40 Å². The van der Waals surface area contributed by atoms with Crippen molar-refractivity contribution < 1.29 is 13.2 Å². The van der Waals surface area contributed by atoms with Crippen LogP contribution in [0.25, 0.3) is 0 Å². The molecule has 1 saturated heterocycles. The van der Waals surface area contributed by atoms with Crippen LogP contribution in [0.5, 0.6) is 0 Å². The van der Waals surface area contributed by atoms with Crippen molar-refractivity contribution in [1.29, 1.82) is 0 Å². The third-order valence-corrected chi connectivity index (χ3v) is 7.27. The quantitative estimate of drug-likeness (QED) is 0.821. The predicted octanol–water partition coefficient (Wildman–Crippen LogP) is 2.66. The topological polar surface area (TPSA) is 84.3 Å². The van der Waals surface area contributed by atoms with Crippen molar-refractivity contribution in [1.82, 2.24) is 14.1 Å². The lowest BCUT2D eigenvalue weighted by atomic mass is 10.1. The number of hydrogen-bond acceptors (Lipinski definition) is 4. The number of carbonyl (C=O) groups excluding carboxylic acids is 1. The van der Waals surface area contributed by atoms with Crippen molar-refractivity contribution in [3.05, 3.63) is 40.2 Å². The fraction of sp³-hybridized carbons (Fsp3) is 0.444. The van der Waals surface area contributed by atoms with Gasteiger partial charge in [0.05, 0.1) is 17.1 Å². The van der Waals surface area contributed by atoms with E-state index in [4.69, 9.17) is 11.6 Å². The molecule has 0 aliphatic carbocycles. The second kappa shape index (κ2) is 7.61. The average Bonchev–Trinajstić information content (AvgIpc) is 3.22. The summed E-state index contributed by atoms with van der Waals surface area (Å²) in [6.45, 7) is 4.76. The Hall–Kier alpha value is -1.90. The Kier molecular flexibility index (Phi) is 5.60. The Balaban J connectivity index is 1.81. The van der Waals surface area contributed by atoms with E-state index in [0.717, 1.165) is 29.8 Å².